The van der Waals surface area contributed by atoms with Crippen molar-refractivity contribution in [2.75, 3.05) is 11.9 Å². The summed E-state index contributed by atoms with van der Waals surface area (Å²) in [5, 5.41) is 21.2. The van der Waals surface area contributed by atoms with Crippen molar-refractivity contribution >= 4 is 17.5 Å². The Morgan fingerprint density at radius 1 is 1.18 bits per heavy atom. The maximum atomic E-state index is 12.1. The molecule has 1 fully saturated rings. The Kier molecular flexibility index (Phi) is 5.09. The van der Waals surface area contributed by atoms with Crippen LogP contribution in [0.15, 0.2) is 42.7 Å². The molecule has 2 amide bonds. The van der Waals surface area contributed by atoms with E-state index < -0.39 is 11.8 Å². The van der Waals surface area contributed by atoms with E-state index in [9.17, 15) is 9.59 Å². The number of tetrazole rings is 1. The third-order valence-corrected chi connectivity index (χ3v) is 4.38. The Labute approximate surface area is 160 Å². The van der Waals surface area contributed by atoms with Gasteiger partial charge in [0.05, 0.1) is 6.04 Å². The van der Waals surface area contributed by atoms with Crippen LogP contribution in [-0.4, -0.2) is 48.3 Å². The zero-order valence-corrected chi connectivity index (χ0v) is 15.2. The molecule has 4 rings (SSSR count). The summed E-state index contributed by atoms with van der Waals surface area (Å²) < 4.78 is 3.57. The molecule has 2 heterocycles. The third-order valence-electron chi connectivity index (χ3n) is 4.38. The lowest BCUT2D eigenvalue weighted by atomic mass is 10.2. The van der Waals surface area contributed by atoms with Gasteiger partial charge < -0.3 is 10.6 Å². The number of benzene rings is 1. The van der Waals surface area contributed by atoms with Gasteiger partial charge in [0.2, 0.25) is 0 Å². The van der Waals surface area contributed by atoms with Gasteiger partial charge in [-0.15, -0.1) is 5.10 Å². The van der Waals surface area contributed by atoms with Crippen LogP contribution in [0.3, 0.4) is 0 Å². The molecule has 0 atom stereocenters. The van der Waals surface area contributed by atoms with Crippen LogP contribution >= 0.6 is 0 Å². The highest BCUT2D eigenvalue weighted by atomic mass is 16.2. The summed E-state index contributed by atoms with van der Waals surface area (Å²) in [6.07, 6.45) is 6.36. The van der Waals surface area contributed by atoms with E-state index >= 15 is 0 Å². The molecule has 0 saturated heterocycles. The summed E-state index contributed by atoms with van der Waals surface area (Å²) in [7, 11) is 0. The number of hydrogen-bond donors (Lipinski definition) is 2. The smallest absolute Gasteiger partial charge is 0.313 e. The molecule has 10 heteroatoms. The number of anilines is 1. The second kappa shape index (κ2) is 7.99. The first-order valence-corrected chi connectivity index (χ1v) is 9.15. The van der Waals surface area contributed by atoms with Gasteiger partial charge in [-0.05, 0) is 47.9 Å². The van der Waals surface area contributed by atoms with Crippen molar-refractivity contribution in [3.63, 3.8) is 0 Å². The normalized spacial score (nSPS) is 13.3. The first-order chi connectivity index (χ1) is 13.7. The molecule has 0 unspecified atom stereocenters. The van der Waals surface area contributed by atoms with Crippen molar-refractivity contribution in [1.82, 2.24) is 35.3 Å². The van der Waals surface area contributed by atoms with Gasteiger partial charge in [-0.25, -0.2) is 4.68 Å². The van der Waals surface area contributed by atoms with Gasteiger partial charge in [0.15, 0.2) is 5.82 Å². The zero-order valence-electron chi connectivity index (χ0n) is 15.2. The lowest BCUT2D eigenvalue weighted by Gasteiger charge is -2.08. The highest BCUT2D eigenvalue weighted by Crippen LogP contribution is 2.36. The number of nitrogens with zero attached hydrogens (tertiary/aromatic N) is 6. The van der Waals surface area contributed by atoms with Gasteiger partial charge in [0, 0.05) is 36.7 Å². The molecule has 0 spiro atoms. The molecule has 10 nitrogen and oxygen atoms in total. The molecule has 28 heavy (non-hydrogen) atoms. The third kappa shape index (κ3) is 4.22. The summed E-state index contributed by atoms with van der Waals surface area (Å²) in [5.41, 5.74) is 1.30. The summed E-state index contributed by atoms with van der Waals surface area (Å²) in [6.45, 7) is 1.06. The van der Waals surface area contributed by atoms with Gasteiger partial charge in [-0.2, -0.15) is 5.10 Å². The summed E-state index contributed by atoms with van der Waals surface area (Å²) >= 11 is 0. The topological polar surface area (TPSA) is 120 Å². The summed E-state index contributed by atoms with van der Waals surface area (Å²) in [5.74, 6) is -0.728. The quantitative estimate of drug-likeness (QED) is 0.466. The fourth-order valence-electron chi connectivity index (χ4n) is 2.83. The average Bonchev–Trinajstić information content (AvgIpc) is 3.20. The lowest BCUT2D eigenvalue weighted by molar-refractivity contribution is -0.136. The second-order valence-corrected chi connectivity index (χ2v) is 6.59. The number of nitrogens with one attached hydrogen (secondary N) is 2. The van der Waals surface area contributed by atoms with Crippen LogP contribution in [0.2, 0.25) is 0 Å². The standard InChI is InChI=1S/C18H20N8O2/c27-17(19-8-2-10-25-11-3-9-20-25)18(28)21-14-5-1-4-13(12-14)16-22-23-24-26(16)15-6-7-15/h1,3-5,9,11-12,15H,2,6-8,10H2,(H,19,27)(H,21,28). The van der Waals surface area contributed by atoms with Gasteiger partial charge >= 0.3 is 11.8 Å². The van der Waals surface area contributed by atoms with E-state index in [-0.39, 0.29) is 0 Å². The molecule has 1 aliphatic carbocycles. The Hall–Kier alpha value is -3.56. The fourth-order valence-corrected chi connectivity index (χ4v) is 2.83. The van der Waals surface area contributed by atoms with Gasteiger partial charge in [-0.1, -0.05) is 12.1 Å². The van der Waals surface area contributed by atoms with Crippen molar-refractivity contribution in [2.24, 2.45) is 0 Å². The van der Waals surface area contributed by atoms with E-state index in [1.807, 2.05) is 18.3 Å². The average molecular weight is 380 g/mol. The monoisotopic (exact) mass is 380 g/mol. The SMILES string of the molecule is O=C(NCCCn1cccn1)C(=O)Nc1cccc(-c2nnnn2C2CC2)c1. The van der Waals surface area contributed by atoms with E-state index in [1.54, 1.807) is 33.8 Å². The summed E-state index contributed by atoms with van der Waals surface area (Å²) in [6, 6.07) is 9.32. The maximum absolute atomic E-state index is 12.1. The van der Waals surface area contributed by atoms with Crippen molar-refractivity contribution < 1.29 is 9.59 Å². The number of carbonyl (C=O) groups is 2. The van der Waals surface area contributed by atoms with Crippen LogP contribution in [0, 0.1) is 0 Å². The van der Waals surface area contributed by atoms with Crippen molar-refractivity contribution in [3.05, 3.63) is 42.7 Å². The summed E-state index contributed by atoms with van der Waals surface area (Å²) in [4.78, 5) is 24.1. The second-order valence-electron chi connectivity index (χ2n) is 6.59. The number of amides is 2. The number of carbonyl (C=O) groups excluding carboxylic acids is 2. The van der Waals surface area contributed by atoms with Crippen LogP contribution < -0.4 is 10.6 Å². The van der Waals surface area contributed by atoms with Crippen LogP contribution in [0.4, 0.5) is 5.69 Å². The van der Waals surface area contributed by atoms with Gasteiger partial charge in [0.1, 0.15) is 0 Å². The molecule has 3 aromatic rings. The fraction of sp³-hybridized carbons (Fsp3) is 0.333. The molecule has 1 saturated carbocycles. The maximum Gasteiger partial charge on any atom is 0.313 e. The van der Waals surface area contributed by atoms with Crippen LogP contribution in [0.5, 0.6) is 0 Å². The number of aryl methyl sites for hydroxylation is 1. The lowest BCUT2D eigenvalue weighted by Crippen LogP contribution is -2.36. The van der Waals surface area contributed by atoms with Gasteiger partial charge in [0.25, 0.3) is 0 Å². The van der Waals surface area contributed by atoms with E-state index in [4.69, 9.17) is 0 Å². The molecular formula is C18H20N8O2. The van der Waals surface area contributed by atoms with E-state index in [1.165, 1.54) is 0 Å². The van der Waals surface area contributed by atoms with Crippen LogP contribution in [-0.2, 0) is 16.1 Å². The molecule has 1 aromatic carbocycles. The first kappa shape index (κ1) is 17.8. The minimum atomic E-state index is -0.710. The molecule has 2 aromatic heterocycles. The number of rotatable bonds is 7. The first-order valence-electron chi connectivity index (χ1n) is 9.15. The van der Waals surface area contributed by atoms with Gasteiger partial charge in [-0.3, -0.25) is 14.3 Å². The van der Waals surface area contributed by atoms with E-state index in [0.29, 0.717) is 37.1 Å². The van der Waals surface area contributed by atoms with E-state index in [2.05, 4.69) is 31.3 Å². The van der Waals surface area contributed by atoms with Crippen molar-refractivity contribution in [1.29, 1.82) is 0 Å². The minimum absolute atomic E-state index is 0.343. The Morgan fingerprint density at radius 3 is 2.86 bits per heavy atom. The Bertz CT molecular complexity index is 962. The largest absolute Gasteiger partial charge is 0.348 e. The van der Waals surface area contributed by atoms with Crippen LogP contribution in [0.1, 0.15) is 25.3 Å². The number of hydrogen-bond acceptors (Lipinski definition) is 6. The van der Waals surface area contributed by atoms with Crippen molar-refractivity contribution in [2.45, 2.75) is 31.8 Å². The molecule has 0 aliphatic heterocycles. The molecular weight excluding hydrogens is 360 g/mol. The van der Waals surface area contributed by atoms with Crippen LogP contribution in [0.25, 0.3) is 11.4 Å². The molecule has 1 aliphatic rings. The zero-order chi connectivity index (χ0) is 19.3. The number of aromatic nitrogens is 6. The molecule has 2 N–H and O–H groups in total. The molecule has 144 valence electrons. The van der Waals surface area contributed by atoms with Crippen molar-refractivity contribution in [3.8, 4) is 11.4 Å². The highest BCUT2D eigenvalue weighted by Gasteiger charge is 2.28. The minimum Gasteiger partial charge on any atom is -0.348 e. The molecule has 0 radical (unpaired) electrons. The Balaban J connectivity index is 1.31. The molecule has 0 bridgehead atoms. The Morgan fingerprint density at radius 2 is 2.07 bits per heavy atom. The predicted molar refractivity (Wildman–Crippen MR) is 100 cm³/mol. The predicted octanol–water partition coefficient (Wildman–Crippen LogP) is 1.02. The highest BCUT2D eigenvalue weighted by molar-refractivity contribution is 6.39. The van der Waals surface area contributed by atoms with E-state index in [0.717, 1.165) is 18.4 Å².